The number of nitrogens with zero attached hydrogens (tertiary/aromatic N) is 7. The van der Waals surface area contributed by atoms with Crippen LogP contribution in [0.15, 0.2) is 42.6 Å². The number of rotatable bonds is 6. The Morgan fingerprint density at radius 2 is 1.97 bits per heavy atom. The minimum atomic E-state index is 0.283. The van der Waals surface area contributed by atoms with Gasteiger partial charge in [0.25, 0.3) is 0 Å². The summed E-state index contributed by atoms with van der Waals surface area (Å²) in [6.45, 7) is 4.24. The highest BCUT2D eigenvalue weighted by molar-refractivity contribution is 7.71. The molecular formula is C21H22ClN7OS. The highest BCUT2D eigenvalue weighted by Gasteiger charge is 2.20. The zero-order chi connectivity index (χ0) is 21.8. The Morgan fingerprint density at radius 1 is 1.19 bits per heavy atom. The van der Waals surface area contributed by atoms with Gasteiger partial charge in [0, 0.05) is 39.4 Å². The first-order chi connectivity index (χ1) is 15.0. The third kappa shape index (κ3) is 4.88. The highest BCUT2D eigenvalue weighted by Crippen LogP contribution is 2.24. The molecule has 31 heavy (non-hydrogen) atoms. The van der Waals surface area contributed by atoms with Gasteiger partial charge in [-0.25, -0.2) is 9.67 Å². The molecule has 0 spiro atoms. The van der Waals surface area contributed by atoms with Gasteiger partial charge in [-0.15, -0.1) is 0 Å². The Hall–Kier alpha value is -2.93. The Kier molecular flexibility index (Phi) is 6.51. The first-order valence-corrected chi connectivity index (χ1v) is 10.7. The third-order valence-electron chi connectivity index (χ3n) is 5.23. The van der Waals surface area contributed by atoms with Crippen molar-refractivity contribution < 1.29 is 4.74 Å². The van der Waals surface area contributed by atoms with E-state index in [1.165, 1.54) is 0 Å². The van der Waals surface area contributed by atoms with Crippen molar-refractivity contribution in [2.24, 2.45) is 7.05 Å². The van der Waals surface area contributed by atoms with E-state index in [1.807, 2.05) is 40.6 Å². The lowest BCUT2D eigenvalue weighted by molar-refractivity contribution is 0.192. The normalized spacial score (nSPS) is 14.4. The number of ether oxygens (including phenoxy) is 1. The van der Waals surface area contributed by atoms with Crippen molar-refractivity contribution in [3.63, 3.8) is 0 Å². The largest absolute Gasteiger partial charge is 0.484 e. The second kappa shape index (κ2) is 9.47. The highest BCUT2D eigenvalue weighted by atomic mass is 35.5. The molecule has 1 fully saturated rings. The second-order valence-corrected chi connectivity index (χ2v) is 8.01. The number of halogens is 1. The van der Waals surface area contributed by atoms with Crippen molar-refractivity contribution in [1.29, 1.82) is 5.26 Å². The SMILES string of the molecule is Cn1c(COc2ccccc2Cl)nn(CN2CCN(c3cc(C#N)ccn3)CC2)c1=S. The van der Waals surface area contributed by atoms with Crippen LogP contribution in [0, 0.1) is 16.1 Å². The van der Waals surface area contributed by atoms with E-state index in [0.717, 1.165) is 37.8 Å². The minimum absolute atomic E-state index is 0.283. The Balaban J connectivity index is 1.37. The van der Waals surface area contributed by atoms with Gasteiger partial charge >= 0.3 is 0 Å². The first kappa shape index (κ1) is 21.3. The van der Waals surface area contributed by atoms with Crippen LogP contribution in [0.2, 0.25) is 5.02 Å². The molecule has 4 rings (SSSR count). The Labute approximate surface area is 190 Å². The molecule has 0 N–H and O–H groups in total. The lowest BCUT2D eigenvalue weighted by Gasteiger charge is -2.35. The molecule has 160 valence electrons. The summed E-state index contributed by atoms with van der Waals surface area (Å²) in [5, 5.41) is 14.3. The lowest BCUT2D eigenvalue weighted by atomic mass is 10.2. The van der Waals surface area contributed by atoms with Crippen LogP contribution in [0.3, 0.4) is 0 Å². The molecule has 10 heteroatoms. The molecule has 3 aromatic rings. The van der Waals surface area contributed by atoms with Gasteiger partial charge < -0.3 is 14.2 Å². The van der Waals surface area contributed by atoms with Gasteiger partial charge in [-0.1, -0.05) is 23.7 Å². The molecule has 2 aromatic heterocycles. The number of piperazine rings is 1. The number of benzene rings is 1. The smallest absolute Gasteiger partial charge is 0.198 e. The van der Waals surface area contributed by atoms with Crippen molar-refractivity contribution in [3.8, 4) is 11.8 Å². The van der Waals surface area contributed by atoms with Crippen LogP contribution in [-0.2, 0) is 20.3 Å². The summed E-state index contributed by atoms with van der Waals surface area (Å²) >= 11 is 11.7. The number of hydrogen-bond acceptors (Lipinski definition) is 7. The molecule has 0 atom stereocenters. The molecule has 0 unspecified atom stereocenters. The van der Waals surface area contributed by atoms with E-state index in [0.29, 0.717) is 27.8 Å². The zero-order valence-electron chi connectivity index (χ0n) is 17.1. The van der Waals surface area contributed by atoms with E-state index in [9.17, 15) is 0 Å². The van der Waals surface area contributed by atoms with Crippen LogP contribution in [0.25, 0.3) is 0 Å². The first-order valence-electron chi connectivity index (χ1n) is 9.88. The van der Waals surface area contributed by atoms with E-state index in [-0.39, 0.29) is 6.61 Å². The van der Waals surface area contributed by atoms with Crippen molar-refractivity contribution >= 4 is 29.6 Å². The number of pyridine rings is 1. The van der Waals surface area contributed by atoms with Crippen LogP contribution in [-0.4, -0.2) is 50.4 Å². The van der Waals surface area contributed by atoms with E-state index in [2.05, 4.69) is 26.0 Å². The minimum Gasteiger partial charge on any atom is -0.484 e. The zero-order valence-corrected chi connectivity index (χ0v) is 18.7. The maximum atomic E-state index is 9.09. The van der Waals surface area contributed by atoms with Crippen LogP contribution in [0.4, 0.5) is 5.82 Å². The van der Waals surface area contributed by atoms with Gasteiger partial charge in [0.05, 0.1) is 23.3 Å². The molecule has 8 nitrogen and oxygen atoms in total. The summed E-state index contributed by atoms with van der Waals surface area (Å²) in [4.78, 5) is 8.89. The van der Waals surface area contributed by atoms with Crippen molar-refractivity contribution in [1.82, 2.24) is 24.2 Å². The standard InChI is InChI=1S/C21H22ClN7OS/c1-26-20(14-30-18-5-3-2-4-17(18)22)25-29(21(26)31)15-27-8-10-28(11-9-27)19-12-16(13-23)6-7-24-19/h2-7,12H,8-11,14-15H2,1H3. The Bertz CT molecular complexity index is 1160. The number of hydrogen-bond donors (Lipinski definition) is 0. The molecule has 0 saturated carbocycles. The second-order valence-electron chi connectivity index (χ2n) is 7.24. The summed E-state index contributed by atoms with van der Waals surface area (Å²) in [7, 11) is 1.89. The molecule has 0 amide bonds. The van der Waals surface area contributed by atoms with E-state index in [1.54, 1.807) is 18.3 Å². The maximum Gasteiger partial charge on any atom is 0.198 e. The van der Waals surface area contributed by atoms with Crippen molar-refractivity contribution in [3.05, 3.63) is 63.8 Å². The lowest BCUT2D eigenvalue weighted by Crippen LogP contribution is -2.47. The topological polar surface area (TPSA) is 75.1 Å². The summed E-state index contributed by atoms with van der Waals surface area (Å²) < 4.78 is 10.1. The number of nitriles is 1. The number of aromatic nitrogens is 4. The van der Waals surface area contributed by atoms with Crippen molar-refractivity contribution in [2.45, 2.75) is 13.3 Å². The molecular weight excluding hydrogens is 434 g/mol. The predicted octanol–water partition coefficient (Wildman–Crippen LogP) is 3.23. The van der Waals surface area contributed by atoms with Crippen LogP contribution in [0.1, 0.15) is 11.4 Å². The van der Waals surface area contributed by atoms with Crippen molar-refractivity contribution in [2.75, 3.05) is 31.1 Å². The monoisotopic (exact) mass is 455 g/mol. The summed E-state index contributed by atoms with van der Waals surface area (Å²) in [6.07, 6.45) is 1.68. The van der Waals surface area contributed by atoms with Crippen LogP contribution in [0.5, 0.6) is 5.75 Å². The third-order valence-corrected chi connectivity index (χ3v) is 6.03. The maximum absolute atomic E-state index is 9.09. The van der Waals surface area contributed by atoms with E-state index in [4.69, 9.17) is 33.8 Å². The number of anilines is 1. The van der Waals surface area contributed by atoms with Gasteiger partial charge in [-0.2, -0.15) is 10.4 Å². The molecule has 1 saturated heterocycles. The molecule has 0 bridgehead atoms. The summed E-state index contributed by atoms with van der Waals surface area (Å²) in [6, 6.07) is 13.1. The summed E-state index contributed by atoms with van der Waals surface area (Å²) in [5.74, 6) is 2.20. The van der Waals surface area contributed by atoms with E-state index >= 15 is 0 Å². The molecule has 3 heterocycles. The van der Waals surface area contributed by atoms with E-state index < -0.39 is 0 Å². The number of para-hydroxylation sites is 1. The van der Waals surface area contributed by atoms with Gasteiger partial charge in [0.2, 0.25) is 0 Å². The fourth-order valence-corrected chi connectivity index (χ4v) is 3.82. The fourth-order valence-electron chi connectivity index (χ4n) is 3.42. The average molecular weight is 456 g/mol. The van der Waals surface area contributed by atoms with Crippen LogP contribution < -0.4 is 9.64 Å². The molecule has 0 radical (unpaired) electrons. The van der Waals surface area contributed by atoms with Gasteiger partial charge in [0.1, 0.15) is 18.2 Å². The fraction of sp³-hybridized carbons (Fsp3) is 0.333. The molecule has 1 aromatic carbocycles. The molecule has 1 aliphatic heterocycles. The summed E-state index contributed by atoms with van der Waals surface area (Å²) in [5.41, 5.74) is 0.624. The van der Waals surface area contributed by atoms with Gasteiger partial charge in [0.15, 0.2) is 10.6 Å². The average Bonchev–Trinajstić information content (AvgIpc) is 3.07. The van der Waals surface area contributed by atoms with Crippen LogP contribution >= 0.6 is 23.8 Å². The quantitative estimate of drug-likeness (QED) is 0.528. The van der Waals surface area contributed by atoms with Gasteiger partial charge in [-0.3, -0.25) is 4.90 Å². The Morgan fingerprint density at radius 3 is 2.71 bits per heavy atom. The molecule has 1 aliphatic rings. The predicted molar refractivity (Wildman–Crippen MR) is 121 cm³/mol. The molecule has 0 aliphatic carbocycles. The van der Waals surface area contributed by atoms with Gasteiger partial charge in [-0.05, 0) is 36.5 Å².